The Labute approximate surface area is 231 Å². The van der Waals surface area contributed by atoms with Gasteiger partial charge in [0.1, 0.15) is 5.75 Å². The zero-order valence-electron chi connectivity index (χ0n) is 21.6. The average Bonchev–Trinajstić information content (AvgIpc) is 2.92. The normalized spacial score (nSPS) is 15.7. The van der Waals surface area contributed by atoms with Crippen molar-refractivity contribution in [2.75, 3.05) is 45.1 Å². The number of hydrogen-bond donors (Lipinski definition) is 2. The summed E-state index contributed by atoms with van der Waals surface area (Å²) in [4.78, 5) is 2.17. The minimum atomic E-state index is -4.86. The van der Waals surface area contributed by atoms with Gasteiger partial charge in [0.25, 0.3) is 0 Å². The Morgan fingerprint density at radius 3 is 1.98 bits per heavy atom. The van der Waals surface area contributed by atoms with Crippen LogP contribution in [-0.4, -0.2) is 68.4 Å². The molecule has 1 saturated heterocycles. The molecule has 40 heavy (non-hydrogen) atoms. The standard InChI is InChI=1S/C29H30F3N3O4S/c30-29(31,32)39-28-21-24(4-10-25(28)9-3-23-5-11-26(33)12-6-23)2-1-22-7-13-27(14-8-22)40(37,38)35-17-15-34(16-18-35)19-20-36/h1-14,21,36H,15-20,33H2/b2-1+,9-3+. The van der Waals surface area contributed by atoms with Crippen LogP contribution in [-0.2, 0) is 10.0 Å². The number of nitrogen functional groups attached to an aromatic ring is 1. The van der Waals surface area contributed by atoms with Gasteiger partial charge in [0.15, 0.2) is 0 Å². The summed E-state index contributed by atoms with van der Waals surface area (Å²) < 4.78 is 71.0. The highest BCUT2D eigenvalue weighted by Gasteiger charge is 2.32. The molecule has 1 heterocycles. The van der Waals surface area contributed by atoms with E-state index >= 15 is 0 Å². The van der Waals surface area contributed by atoms with Gasteiger partial charge >= 0.3 is 6.36 Å². The van der Waals surface area contributed by atoms with Crippen molar-refractivity contribution in [2.24, 2.45) is 0 Å². The van der Waals surface area contributed by atoms with Gasteiger partial charge in [-0.25, -0.2) is 8.42 Å². The fourth-order valence-corrected chi connectivity index (χ4v) is 5.65. The number of rotatable bonds is 9. The molecule has 0 aromatic heterocycles. The van der Waals surface area contributed by atoms with Crippen LogP contribution in [0.15, 0.2) is 71.6 Å². The summed E-state index contributed by atoms with van der Waals surface area (Å²) in [6.07, 6.45) is 1.64. The van der Waals surface area contributed by atoms with Crippen LogP contribution in [0.5, 0.6) is 5.75 Å². The highest BCUT2D eigenvalue weighted by Crippen LogP contribution is 2.30. The van der Waals surface area contributed by atoms with E-state index in [0.717, 1.165) is 5.56 Å². The quantitative estimate of drug-likeness (QED) is 0.282. The second-order valence-corrected chi connectivity index (χ2v) is 11.2. The van der Waals surface area contributed by atoms with Crippen LogP contribution in [0.1, 0.15) is 22.3 Å². The van der Waals surface area contributed by atoms with Gasteiger partial charge in [0, 0.05) is 44.0 Å². The third kappa shape index (κ3) is 7.95. The van der Waals surface area contributed by atoms with Crippen LogP contribution in [0.2, 0.25) is 0 Å². The SMILES string of the molecule is Nc1ccc(/C=C/c2ccc(/C=C/c3ccc(S(=O)(=O)N4CCN(CCO)CC4)cc3)cc2OC(F)(F)F)cc1. The Balaban J connectivity index is 1.48. The summed E-state index contributed by atoms with van der Waals surface area (Å²) in [5.41, 5.74) is 8.42. The number of nitrogens with two attached hydrogens (primary N) is 1. The third-order valence-electron chi connectivity index (χ3n) is 6.39. The van der Waals surface area contributed by atoms with Crippen molar-refractivity contribution in [1.82, 2.24) is 9.21 Å². The summed E-state index contributed by atoms with van der Waals surface area (Å²) in [5.74, 6) is -0.345. The Hall–Kier alpha value is -3.64. The number of hydrogen-bond acceptors (Lipinski definition) is 6. The Bertz CT molecular complexity index is 1450. The van der Waals surface area contributed by atoms with Gasteiger partial charge in [-0.2, -0.15) is 4.31 Å². The van der Waals surface area contributed by atoms with Gasteiger partial charge in [-0.15, -0.1) is 13.2 Å². The van der Waals surface area contributed by atoms with Gasteiger partial charge in [-0.1, -0.05) is 60.7 Å². The van der Waals surface area contributed by atoms with E-state index in [2.05, 4.69) is 4.74 Å². The van der Waals surface area contributed by atoms with Crippen LogP contribution in [0, 0.1) is 0 Å². The van der Waals surface area contributed by atoms with Crippen molar-refractivity contribution in [3.63, 3.8) is 0 Å². The molecule has 3 aromatic carbocycles. The molecule has 0 aliphatic carbocycles. The molecule has 4 rings (SSSR count). The van der Waals surface area contributed by atoms with E-state index < -0.39 is 16.4 Å². The van der Waals surface area contributed by atoms with E-state index in [0.29, 0.717) is 49.5 Å². The zero-order valence-corrected chi connectivity index (χ0v) is 22.4. The van der Waals surface area contributed by atoms with Gasteiger partial charge in [0.2, 0.25) is 10.0 Å². The van der Waals surface area contributed by atoms with Crippen LogP contribution in [0.4, 0.5) is 18.9 Å². The number of nitrogens with zero attached hydrogens (tertiary/aromatic N) is 2. The lowest BCUT2D eigenvalue weighted by Gasteiger charge is -2.33. The van der Waals surface area contributed by atoms with Crippen molar-refractivity contribution < 1.29 is 31.4 Å². The van der Waals surface area contributed by atoms with Crippen molar-refractivity contribution in [3.8, 4) is 5.75 Å². The van der Waals surface area contributed by atoms with Crippen molar-refractivity contribution in [3.05, 3.63) is 89.0 Å². The van der Waals surface area contributed by atoms with Gasteiger partial charge in [-0.05, 0) is 47.0 Å². The van der Waals surface area contributed by atoms with Gasteiger partial charge in [0.05, 0.1) is 11.5 Å². The maximum absolute atomic E-state index is 13.1. The third-order valence-corrected chi connectivity index (χ3v) is 8.30. The fourth-order valence-electron chi connectivity index (χ4n) is 4.23. The van der Waals surface area contributed by atoms with Gasteiger partial charge in [-0.3, -0.25) is 4.90 Å². The van der Waals surface area contributed by atoms with E-state index in [1.807, 2.05) is 4.90 Å². The maximum atomic E-state index is 13.1. The molecule has 1 aliphatic heterocycles. The topological polar surface area (TPSA) is 96.1 Å². The zero-order chi connectivity index (χ0) is 28.8. The summed E-state index contributed by atoms with van der Waals surface area (Å²) in [6.45, 7) is 2.34. The Morgan fingerprint density at radius 1 is 0.825 bits per heavy atom. The molecule has 0 atom stereocenters. The molecule has 3 aromatic rings. The Kier molecular flexibility index (Phi) is 9.31. The first kappa shape index (κ1) is 29.3. The van der Waals surface area contributed by atoms with Crippen LogP contribution in [0.3, 0.4) is 0 Å². The first-order chi connectivity index (χ1) is 19.0. The molecule has 3 N–H and O–H groups in total. The van der Waals surface area contributed by atoms with Crippen molar-refractivity contribution in [1.29, 1.82) is 0 Å². The van der Waals surface area contributed by atoms with E-state index in [9.17, 15) is 21.6 Å². The molecule has 1 aliphatic rings. The molecule has 0 spiro atoms. The summed E-state index contributed by atoms with van der Waals surface area (Å²) in [6, 6.07) is 17.7. The summed E-state index contributed by atoms with van der Waals surface area (Å²) >= 11 is 0. The fraction of sp³-hybridized carbons (Fsp3) is 0.241. The molecular formula is C29H30F3N3O4S. The number of halogens is 3. The number of benzene rings is 3. The smallest absolute Gasteiger partial charge is 0.405 e. The highest BCUT2D eigenvalue weighted by molar-refractivity contribution is 7.89. The second kappa shape index (κ2) is 12.7. The predicted octanol–water partition coefficient (Wildman–Crippen LogP) is 4.81. The summed E-state index contributed by atoms with van der Waals surface area (Å²) in [5, 5.41) is 9.07. The lowest BCUT2D eigenvalue weighted by Crippen LogP contribution is -2.49. The molecule has 0 radical (unpaired) electrons. The predicted molar refractivity (Wildman–Crippen MR) is 151 cm³/mol. The lowest BCUT2D eigenvalue weighted by atomic mass is 10.1. The number of aliphatic hydroxyl groups excluding tert-OH is 1. The highest BCUT2D eigenvalue weighted by atomic mass is 32.2. The number of sulfonamides is 1. The number of piperazine rings is 1. The number of β-amino-alcohol motifs (C(OH)–C–C–N with tert-alkyl or cyclic N) is 1. The van der Waals surface area contributed by atoms with E-state index in [1.165, 1.54) is 34.6 Å². The molecule has 212 valence electrons. The lowest BCUT2D eigenvalue weighted by molar-refractivity contribution is -0.274. The van der Waals surface area contributed by atoms with Crippen LogP contribution >= 0.6 is 0 Å². The first-order valence-corrected chi connectivity index (χ1v) is 14.0. The summed E-state index contributed by atoms with van der Waals surface area (Å²) in [7, 11) is -3.66. The molecule has 0 unspecified atom stereocenters. The molecule has 11 heteroatoms. The van der Waals surface area contributed by atoms with Crippen molar-refractivity contribution in [2.45, 2.75) is 11.3 Å². The second-order valence-electron chi connectivity index (χ2n) is 9.22. The van der Waals surface area contributed by atoms with Crippen molar-refractivity contribution >= 4 is 40.0 Å². The minimum absolute atomic E-state index is 0.0319. The van der Waals surface area contributed by atoms with E-state index in [4.69, 9.17) is 10.8 Å². The first-order valence-electron chi connectivity index (χ1n) is 12.6. The molecule has 7 nitrogen and oxygen atoms in total. The molecule has 0 saturated carbocycles. The number of alkyl halides is 3. The minimum Gasteiger partial charge on any atom is -0.405 e. The monoisotopic (exact) mass is 573 g/mol. The molecule has 0 bridgehead atoms. The van der Waals surface area contributed by atoms with Crippen LogP contribution < -0.4 is 10.5 Å². The molecule has 0 amide bonds. The number of ether oxygens (including phenoxy) is 1. The number of anilines is 1. The van der Waals surface area contributed by atoms with Gasteiger partial charge < -0.3 is 15.6 Å². The number of aliphatic hydroxyl groups is 1. The maximum Gasteiger partial charge on any atom is 0.573 e. The molecule has 1 fully saturated rings. The Morgan fingerprint density at radius 2 is 1.38 bits per heavy atom. The largest absolute Gasteiger partial charge is 0.573 e. The van der Waals surface area contributed by atoms with E-state index in [1.54, 1.807) is 60.7 Å². The molecular weight excluding hydrogens is 543 g/mol. The van der Waals surface area contributed by atoms with Crippen LogP contribution in [0.25, 0.3) is 24.3 Å². The van der Waals surface area contributed by atoms with E-state index in [-0.39, 0.29) is 22.8 Å². The average molecular weight is 574 g/mol.